The van der Waals surface area contributed by atoms with E-state index in [-0.39, 0.29) is 16.6 Å². The van der Waals surface area contributed by atoms with Gasteiger partial charge >= 0.3 is 11.9 Å². The normalized spacial score (nSPS) is 13.2. The number of carboxylic acids is 1. The van der Waals surface area contributed by atoms with Crippen LogP contribution >= 0.6 is 23.5 Å². The zero-order valence-corrected chi connectivity index (χ0v) is 16.1. The second-order valence-corrected chi connectivity index (χ2v) is 8.01. The standard InChI is InChI=1S/C19H20O5S2/c1-12(10-25-13(2)20)19(23)24-16(18(21)22)11-26-17-9-5-7-14-6-3-4-8-15(14)17/h3-9,12,16H,10-11H2,1-2H3,(H,21,22)/t12-,16?/m0/s1. The average Bonchev–Trinajstić information content (AvgIpc) is 2.62. The topological polar surface area (TPSA) is 80.7 Å². The molecule has 1 N–H and O–H groups in total. The molecule has 1 unspecified atom stereocenters. The molecule has 2 aromatic carbocycles. The number of rotatable bonds is 8. The van der Waals surface area contributed by atoms with Crippen molar-refractivity contribution in [3.8, 4) is 0 Å². The Morgan fingerprint density at radius 3 is 2.46 bits per heavy atom. The molecule has 7 heteroatoms. The molecule has 0 saturated heterocycles. The van der Waals surface area contributed by atoms with Gasteiger partial charge in [0.25, 0.3) is 0 Å². The minimum Gasteiger partial charge on any atom is -0.478 e. The first kappa shape index (κ1) is 20.3. The molecule has 5 nitrogen and oxygen atoms in total. The van der Waals surface area contributed by atoms with Gasteiger partial charge in [-0.25, -0.2) is 4.79 Å². The maximum Gasteiger partial charge on any atom is 0.345 e. The molecule has 0 spiro atoms. The third-order valence-corrected chi connectivity index (χ3v) is 5.82. The van der Waals surface area contributed by atoms with E-state index in [2.05, 4.69) is 0 Å². The highest BCUT2D eigenvalue weighted by atomic mass is 32.2. The zero-order chi connectivity index (χ0) is 19.1. The predicted molar refractivity (Wildman–Crippen MR) is 104 cm³/mol. The number of thioether (sulfide) groups is 2. The summed E-state index contributed by atoms with van der Waals surface area (Å²) in [7, 11) is 0. The van der Waals surface area contributed by atoms with Gasteiger partial charge in [0.1, 0.15) is 0 Å². The highest BCUT2D eigenvalue weighted by Crippen LogP contribution is 2.28. The van der Waals surface area contributed by atoms with Crippen molar-refractivity contribution in [1.82, 2.24) is 0 Å². The van der Waals surface area contributed by atoms with Gasteiger partial charge in [-0.1, -0.05) is 55.1 Å². The summed E-state index contributed by atoms with van der Waals surface area (Å²) in [6.45, 7) is 3.04. The molecule has 0 aliphatic heterocycles. The van der Waals surface area contributed by atoms with Crippen LogP contribution in [-0.2, 0) is 19.1 Å². The molecule has 138 valence electrons. The van der Waals surface area contributed by atoms with Crippen molar-refractivity contribution in [3.63, 3.8) is 0 Å². The number of carbonyl (C=O) groups is 3. The fourth-order valence-corrected chi connectivity index (χ4v) is 3.89. The monoisotopic (exact) mass is 392 g/mol. The van der Waals surface area contributed by atoms with Crippen LogP contribution in [0.15, 0.2) is 47.4 Å². The fourth-order valence-electron chi connectivity index (χ4n) is 2.21. The molecule has 2 aromatic rings. The third kappa shape index (κ3) is 5.78. The molecule has 0 bridgehead atoms. The van der Waals surface area contributed by atoms with Gasteiger partial charge in [-0.15, -0.1) is 11.8 Å². The van der Waals surface area contributed by atoms with Crippen LogP contribution in [0.2, 0.25) is 0 Å². The van der Waals surface area contributed by atoms with Gasteiger partial charge in [0.15, 0.2) is 5.12 Å². The molecule has 2 atom stereocenters. The highest BCUT2D eigenvalue weighted by molar-refractivity contribution is 8.13. The van der Waals surface area contributed by atoms with Crippen LogP contribution in [0.25, 0.3) is 10.8 Å². The molecule has 0 radical (unpaired) electrons. The summed E-state index contributed by atoms with van der Waals surface area (Å²) in [5, 5.41) is 11.4. The summed E-state index contributed by atoms with van der Waals surface area (Å²) in [5.74, 6) is -1.95. The van der Waals surface area contributed by atoms with Gasteiger partial charge in [0, 0.05) is 23.3 Å². The summed E-state index contributed by atoms with van der Waals surface area (Å²) in [6.07, 6.45) is -1.24. The van der Waals surface area contributed by atoms with Crippen molar-refractivity contribution in [2.75, 3.05) is 11.5 Å². The number of carboxylic acid groups (broad SMARTS) is 1. The molecule has 0 saturated carbocycles. The molecule has 0 aromatic heterocycles. The van der Waals surface area contributed by atoms with E-state index in [1.807, 2.05) is 42.5 Å². The van der Waals surface area contributed by atoms with Crippen LogP contribution in [0.5, 0.6) is 0 Å². The number of esters is 1. The minimum atomic E-state index is -1.24. The van der Waals surface area contributed by atoms with E-state index < -0.39 is 24.0 Å². The van der Waals surface area contributed by atoms with E-state index >= 15 is 0 Å². The Balaban J connectivity index is 2.01. The second kappa shape index (κ2) is 9.64. The first-order valence-electron chi connectivity index (χ1n) is 8.05. The predicted octanol–water partition coefficient (Wildman–Crippen LogP) is 3.84. The molecule has 0 aliphatic carbocycles. The third-order valence-electron chi connectivity index (χ3n) is 3.61. The molecular formula is C19H20O5S2. The van der Waals surface area contributed by atoms with Crippen molar-refractivity contribution in [2.45, 2.75) is 24.8 Å². The fraction of sp³-hybridized carbons (Fsp3) is 0.316. The van der Waals surface area contributed by atoms with E-state index in [9.17, 15) is 19.5 Å². The average molecular weight is 392 g/mol. The number of hydrogen-bond acceptors (Lipinski definition) is 6. The van der Waals surface area contributed by atoms with Crippen molar-refractivity contribution >= 4 is 51.4 Å². The first-order chi connectivity index (χ1) is 12.4. The van der Waals surface area contributed by atoms with Crippen LogP contribution in [0.4, 0.5) is 0 Å². The van der Waals surface area contributed by atoms with E-state index in [1.165, 1.54) is 18.7 Å². The van der Waals surface area contributed by atoms with Gasteiger partial charge in [0.2, 0.25) is 6.10 Å². The largest absolute Gasteiger partial charge is 0.478 e. The first-order valence-corrected chi connectivity index (χ1v) is 10.0. The van der Waals surface area contributed by atoms with Crippen molar-refractivity contribution in [1.29, 1.82) is 0 Å². The van der Waals surface area contributed by atoms with Crippen LogP contribution in [-0.4, -0.2) is 39.8 Å². The van der Waals surface area contributed by atoms with Crippen LogP contribution < -0.4 is 0 Å². The van der Waals surface area contributed by atoms with Crippen molar-refractivity contribution < 1.29 is 24.2 Å². The zero-order valence-electron chi connectivity index (χ0n) is 14.5. The number of ether oxygens (including phenoxy) is 1. The van der Waals surface area contributed by atoms with Gasteiger partial charge in [-0.05, 0) is 16.8 Å². The van der Waals surface area contributed by atoms with Crippen LogP contribution in [0.3, 0.4) is 0 Å². The van der Waals surface area contributed by atoms with Gasteiger partial charge in [-0.2, -0.15) is 0 Å². The van der Waals surface area contributed by atoms with E-state index in [4.69, 9.17) is 4.74 Å². The van der Waals surface area contributed by atoms with Crippen LogP contribution in [0.1, 0.15) is 13.8 Å². The molecule has 0 fully saturated rings. The number of hydrogen-bond donors (Lipinski definition) is 1. The smallest absolute Gasteiger partial charge is 0.345 e. The lowest BCUT2D eigenvalue weighted by Crippen LogP contribution is -2.32. The van der Waals surface area contributed by atoms with Crippen molar-refractivity contribution in [3.05, 3.63) is 42.5 Å². The molecule has 0 aliphatic rings. The second-order valence-electron chi connectivity index (χ2n) is 5.76. The molecular weight excluding hydrogens is 372 g/mol. The van der Waals surface area contributed by atoms with Gasteiger partial charge in [0.05, 0.1) is 5.92 Å². The van der Waals surface area contributed by atoms with Gasteiger partial charge < -0.3 is 9.84 Å². The molecule has 26 heavy (non-hydrogen) atoms. The Morgan fingerprint density at radius 1 is 1.08 bits per heavy atom. The molecule has 0 amide bonds. The van der Waals surface area contributed by atoms with E-state index in [0.29, 0.717) is 0 Å². The molecule has 2 rings (SSSR count). The lowest BCUT2D eigenvalue weighted by atomic mass is 10.1. The van der Waals surface area contributed by atoms with Crippen molar-refractivity contribution in [2.24, 2.45) is 5.92 Å². The van der Waals surface area contributed by atoms with E-state index in [0.717, 1.165) is 27.4 Å². The Bertz CT molecular complexity index is 800. The number of fused-ring (bicyclic) bond motifs is 1. The quantitative estimate of drug-likeness (QED) is 0.540. The number of aliphatic carboxylic acids is 1. The van der Waals surface area contributed by atoms with Crippen LogP contribution in [0, 0.1) is 5.92 Å². The SMILES string of the molecule is CC(=O)SC[C@H](C)C(=O)OC(CSc1cccc2ccccc12)C(=O)O. The Labute approximate surface area is 160 Å². The van der Waals surface area contributed by atoms with Gasteiger partial charge in [-0.3, -0.25) is 9.59 Å². The lowest BCUT2D eigenvalue weighted by molar-refractivity contribution is -0.164. The molecule has 0 heterocycles. The summed E-state index contributed by atoms with van der Waals surface area (Å²) in [5.41, 5.74) is 0. The maximum absolute atomic E-state index is 12.1. The summed E-state index contributed by atoms with van der Waals surface area (Å²) >= 11 is 2.36. The maximum atomic E-state index is 12.1. The number of carbonyl (C=O) groups excluding carboxylic acids is 2. The Hall–Kier alpha value is -1.99. The van der Waals surface area contributed by atoms with E-state index in [1.54, 1.807) is 6.92 Å². The Morgan fingerprint density at radius 2 is 1.77 bits per heavy atom. The Kier molecular flexibility index (Phi) is 7.53. The highest BCUT2D eigenvalue weighted by Gasteiger charge is 2.26. The minimum absolute atomic E-state index is 0.0917. The lowest BCUT2D eigenvalue weighted by Gasteiger charge is -2.17. The summed E-state index contributed by atoms with van der Waals surface area (Å²) in [6, 6.07) is 13.6. The number of benzene rings is 2. The summed E-state index contributed by atoms with van der Waals surface area (Å²) < 4.78 is 5.16. The summed E-state index contributed by atoms with van der Waals surface area (Å²) in [4.78, 5) is 35.5.